The third kappa shape index (κ3) is 3.27. The van der Waals surface area contributed by atoms with Crippen LogP contribution in [0.4, 0.5) is 5.69 Å². The molecule has 2 N–H and O–H groups in total. The first-order chi connectivity index (χ1) is 8.65. The predicted molar refractivity (Wildman–Crippen MR) is 67.0 cm³/mol. The van der Waals surface area contributed by atoms with Crippen LogP contribution in [0.15, 0.2) is 18.2 Å². The molecule has 0 saturated carbocycles. The molecule has 1 aromatic rings. The molecule has 7 heteroatoms. The Morgan fingerprint density at radius 3 is 2.42 bits per heavy atom. The summed E-state index contributed by atoms with van der Waals surface area (Å²) < 4.78 is 0. The van der Waals surface area contributed by atoms with E-state index in [-0.39, 0.29) is 11.3 Å². The molecule has 19 heavy (non-hydrogen) atoms. The third-order valence-electron chi connectivity index (χ3n) is 2.55. The van der Waals surface area contributed by atoms with Crippen molar-refractivity contribution in [2.45, 2.75) is 26.3 Å². The minimum absolute atomic E-state index is 0.153. The SMILES string of the molecule is Cc1ccc([N+](=O)[O-])c(C(=O)NC(C)(C)C(=O)O)c1. The van der Waals surface area contributed by atoms with E-state index in [1.54, 1.807) is 6.92 Å². The van der Waals surface area contributed by atoms with Gasteiger partial charge in [0.25, 0.3) is 11.6 Å². The molecule has 0 aliphatic carbocycles. The highest BCUT2D eigenvalue weighted by Crippen LogP contribution is 2.20. The lowest BCUT2D eigenvalue weighted by Gasteiger charge is -2.20. The fourth-order valence-corrected chi connectivity index (χ4v) is 1.40. The van der Waals surface area contributed by atoms with Gasteiger partial charge in [0.1, 0.15) is 11.1 Å². The molecule has 0 heterocycles. The fraction of sp³-hybridized carbons (Fsp3) is 0.333. The van der Waals surface area contributed by atoms with E-state index in [0.29, 0.717) is 5.56 Å². The van der Waals surface area contributed by atoms with Crippen LogP contribution in [0.25, 0.3) is 0 Å². The van der Waals surface area contributed by atoms with Gasteiger partial charge in [-0.3, -0.25) is 14.9 Å². The van der Waals surface area contributed by atoms with Crippen LogP contribution in [0, 0.1) is 17.0 Å². The number of amides is 1. The summed E-state index contributed by atoms with van der Waals surface area (Å²) in [5.41, 5.74) is -1.35. The summed E-state index contributed by atoms with van der Waals surface area (Å²) >= 11 is 0. The van der Waals surface area contributed by atoms with Gasteiger partial charge in [0.15, 0.2) is 0 Å². The number of aliphatic carboxylic acids is 1. The molecule has 0 aliphatic heterocycles. The average molecular weight is 266 g/mol. The van der Waals surface area contributed by atoms with Crippen molar-refractivity contribution in [3.63, 3.8) is 0 Å². The van der Waals surface area contributed by atoms with Gasteiger partial charge >= 0.3 is 5.97 Å². The molecule has 0 saturated heterocycles. The number of carbonyl (C=O) groups is 2. The fourth-order valence-electron chi connectivity index (χ4n) is 1.40. The second-order valence-electron chi connectivity index (χ2n) is 4.66. The van der Waals surface area contributed by atoms with Gasteiger partial charge in [0.05, 0.1) is 4.92 Å². The summed E-state index contributed by atoms with van der Waals surface area (Å²) in [6, 6.07) is 4.08. The standard InChI is InChI=1S/C12H14N2O5/c1-7-4-5-9(14(18)19)8(6-7)10(15)13-12(2,3)11(16)17/h4-6H,1-3H3,(H,13,15)(H,16,17). The van der Waals surface area contributed by atoms with Crippen LogP contribution in [-0.4, -0.2) is 27.4 Å². The number of benzene rings is 1. The highest BCUT2D eigenvalue weighted by molar-refractivity contribution is 6.00. The molecule has 0 atom stereocenters. The Morgan fingerprint density at radius 2 is 1.95 bits per heavy atom. The zero-order chi connectivity index (χ0) is 14.8. The lowest BCUT2D eigenvalue weighted by atomic mass is 10.0. The number of nitrogens with one attached hydrogen (secondary N) is 1. The Labute approximate surface area is 109 Å². The van der Waals surface area contributed by atoms with Crippen molar-refractivity contribution in [3.8, 4) is 0 Å². The van der Waals surface area contributed by atoms with Gasteiger partial charge in [-0.1, -0.05) is 6.07 Å². The molecule has 0 unspecified atom stereocenters. The maximum atomic E-state index is 12.0. The topological polar surface area (TPSA) is 110 Å². The summed E-state index contributed by atoms with van der Waals surface area (Å²) in [4.78, 5) is 33.1. The van der Waals surface area contributed by atoms with Gasteiger partial charge in [-0.15, -0.1) is 0 Å². The predicted octanol–water partition coefficient (Wildman–Crippen LogP) is 1.50. The molecule has 7 nitrogen and oxygen atoms in total. The van der Waals surface area contributed by atoms with Crippen molar-refractivity contribution in [3.05, 3.63) is 39.4 Å². The van der Waals surface area contributed by atoms with Crippen molar-refractivity contribution >= 4 is 17.6 Å². The molecule has 0 radical (unpaired) electrons. The Bertz CT molecular complexity index is 551. The van der Waals surface area contributed by atoms with Crippen LogP contribution in [0.1, 0.15) is 29.8 Å². The van der Waals surface area contributed by atoms with Crippen LogP contribution in [0.2, 0.25) is 0 Å². The lowest BCUT2D eigenvalue weighted by Crippen LogP contribution is -2.49. The second-order valence-corrected chi connectivity index (χ2v) is 4.66. The first-order valence-corrected chi connectivity index (χ1v) is 5.46. The number of nitro benzene ring substituents is 1. The molecule has 102 valence electrons. The van der Waals surface area contributed by atoms with Crippen LogP contribution in [0.5, 0.6) is 0 Å². The number of nitro groups is 1. The molecule has 0 bridgehead atoms. The molecular weight excluding hydrogens is 252 g/mol. The normalized spacial score (nSPS) is 10.9. The maximum Gasteiger partial charge on any atom is 0.328 e. The second kappa shape index (κ2) is 5.05. The molecule has 1 rings (SSSR count). The smallest absolute Gasteiger partial charge is 0.328 e. The van der Waals surface area contributed by atoms with E-state index in [1.807, 2.05) is 0 Å². The number of nitrogens with zero attached hydrogens (tertiary/aromatic N) is 1. The molecule has 0 aromatic heterocycles. The number of rotatable bonds is 4. The van der Waals surface area contributed by atoms with Gasteiger partial charge < -0.3 is 10.4 Å². The Kier molecular flexibility index (Phi) is 3.89. The molecule has 0 fully saturated rings. The molecule has 0 aliphatic rings. The number of carboxylic acid groups (broad SMARTS) is 1. The maximum absolute atomic E-state index is 12.0. The quantitative estimate of drug-likeness (QED) is 0.633. The van der Waals surface area contributed by atoms with Crippen LogP contribution >= 0.6 is 0 Å². The van der Waals surface area contributed by atoms with E-state index in [9.17, 15) is 19.7 Å². The zero-order valence-corrected chi connectivity index (χ0v) is 10.8. The van der Waals surface area contributed by atoms with Gasteiger partial charge in [-0.25, -0.2) is 4.79 Å². The summed E-state index contributed by atoms with van der Waals surface area (Å²) in [5, 5.41) is 22.0. The highest BCUT2D eigenvalue weighted by Gasteiger charge is 2.31. The van der Waals surface area contributed by atoms with Gasteiger partial charge in [0.2, 0.25) is 0 Å². The number of hydrogen-bond donors (Lipinski definition) is 2. The van der Waals surface area contributed by atoms with E-state index in [0.717, 1.165) is 0 Å². The van der Waals surface area contributed by atoms with Crippen LogP contribution < -0.4 is 5.32 Å². The molecule has 1 amide bonds. The third-order valence-corrected chi connectivity index (χ3v) is 2.55. The van der Waals surface area contributed by atoms with E-state index < -0.39 is 22.3 Å². The number of hydrogen-bond acceptors (Lipinski definition) is 4. The first-order valence-electron chi connectivity index (χ1n) is 5.46. The zero-order valence-electron chi connectivity index (χ0n) is 10.8. The largest absolute Gasteiger partial charge is 0.480 e. The van der Waals surface area contributed by atoms with Gasteiger partial charge in [-0.05, 0) is 32.4 Å². The highest BCUT2D eigenvalue weighted by atomic mass is 16.6. The lowest BCUT2D eigenvalue weighted by molar-refractivity contribution is -0.385. The average Bonchev–Trinajstić information content (AvgIpc) is 2.27. The van der Waals surface area contributed by atoms with Crippen molar-refractivity contribution in [2.75, 3.05) is 0 Å². The van der Waals surface area contributed by atoms with E-state index in [1.165, 1.54) is 32.0 Å². The number of carboxylic acids is 1. The Balaban J connectivity index is 3.16. The molecule has 0 spiro atoms. The van der Waals surface area contributed by atoms with Crippen LogP contribution in [0.3, 0.4) is 0 Å². The van der Waals surface area contributed by atoms with Crippen molar-refractivity contribution in [1.29, 1.82) is 0 Å². The van der Waals surface area contributed by atoms with Crippen molar-refractivity contribution in [2.24, 2.45) is 0 Å². The van der Waals surface area contributed by atoms with Crippen molar-refractivity contribution < 1.29 is 19.6 Å². The summed E-state index contributed by atoms with van der Waals surface area (Å²) in [7, 11) is 0. The Morgan fingerprint density at radius 1 is 1.37 bits per heavy atom. The summed E-state index contributed by atoms with van der Waals surface area (Å²) in [6.45, 7) is 4.28. The van der Waals surface area contributed by atoms with E-state index in [2.05, 4.69) is 5.32 Å². The monoisotopic (exact) mass is 266 g/mol. The van der Waals surface area contributed by atoms with Crippen molar-refractivity contribution in [1.82, 2.24) is 5.32 Å². The number of carbonyl (C=O) groups excluding carboxylic acids is 1. The summed E-state index contributed by atoms with van der Waals surface area (Å²) in [5.74, 6) is -2.01. The van der Waals surface area contributed by atoms with E-state index >= 15 is 0 Å². The van der Waals surface area contributed by atoms with E-state index in [4.69, 9.17) is 5.11 Å². The minimum Gasteiger partial charge on any atom is -0.480 e. The van der Waals surface area contributed by atoms with Crippen LogP contribution in [-0.2, 0) is 4.79 Å². The van der Waals surface area contributed by atoms with Gasteiger partial charge in [-0.2, -0.15) is 0 Å². The minimum atomic E-state index is -1.51. The first kappa shape index (κ1) is 14.6. The number of aryl methyl sites for hydroxylation is 1. The Hall–Kier alpha value is -2.44. The molecule has 1 aromatic carbocycles. The molecular formula is C12H14N2O5. The summed E-state index contributed by atoms with van der Waals surface area (Å²) in [6.07, 6.45) is 0. The van der Waals surface area contributed by atoms with Gasteiger partial charge in [0, 0.05) is 6.07 Å².